The van der Waals surface area contributed by atoms with Gasteiger partial charge in [-0.3, -0.25) is 9.59 Å². The van der Waals surface area contributed by atoms with Crippen LogP contribution in [0.5, 0.6) is 0 Å². The van der Waals surface area contributed by atoms with Gasteiger partial charge >= 0.3 is 5.97 Å². The van der Waals surface area contributed by atoms with Gasteiger partial charge in [-0.2, -0.15) is 0 Å². The van der Waals surface area contributed by atoms with Crippen molar-refractivity contribution in [3.63, 3.8) is 0 Å². The van der Waals surface area contributed by atoms with E-state index in [4.69, 9.17) is 5.11 Å². The van der Waals surface area contributed by atoms with Gasteiger partial charge in [-0.25, -0.2) is 0 Å². The Balaban J connectivity index is 1.95. The average molecular weight is 304 g/mol. The van der Waals surface area contributed by atoms with E-state index in [1.807, 2.05) is 30.3 Å². The predicted molar refractivity (Wildman–Crippen MR) is 85.7 cm³/mol. The number of carboxylic acid groups (broad SMARTS) is 1. The maximum absolute atomic E-state index is 11.6. The monoisotopic (exact) mass is 304 g/mol. The molecule has 0 saturated carbocycles. The molecule has 0 bridgehead atoms. The van der Waals surface area contributed by atoms with E-state index in [1.165, 1.54) is 5.56 Å². The number of aliphatic carboxylic acids is 1. The van der Waals surface area contributed by atoms with E-state index >= 15 is 0 Å². The molecule has 2 atom stereocenters. The number of allylic oxidation sites excluding steroid dienone is 2. The highest BCUT2D eigenvalue weighted by atomic mass is 32.2. The molecule has 4 heteroatoms. The number of hydrogen-bond donors (Lipinski definition) is 1. The molecule has 112 valence electrons. The molecule has 1 N–H and O–H groups in total. The van der Waals surface area contributed by atoms with E-state index in [1.54, 1.807) is 18.7 Å². The topological polar surface area (TPSA) is 54.4 Å². The van der Waals surface area contributed by atoms with Crippen molar-refractivity contribution in [1.82, 2.24) is 0 Å². The molecule has 0 aliphatic heterocycles. The summed E-state index contributed by atoms with van der Waals surface area (Å²) in [6, 6.07) is 7.75. The molecule has 0 radical (unpaired) electrons. The summed E-state index contributed by atoms with van der Waals surface area (Å²) in [4.78, 5) is 23.4. The first-order valence-electron chi connectivity index (χ1n) is 7.18. The Hall–Kier alpha value is -1.55. The third-order valence-electron chi connectivity index (χ3n) is 3.84. The zero-order valence-corrected chi connectivity index (χ0v) is 13.2. The van der Waals surface area contributed by atoms with Crippen molar-refractivity contribution in [3.8, 4) is 0 Å². The Labute approximate surface area is 129 Å². The van der Waals surface area contributed by atoms with Crippen LogP contribution in [0.3, 0.4) is 0 Å². The molecule has 0 aromatic heterocycles. The summed E-state index contributed by atoms with van der Waals surface area (Å²) in [7, 11) is 0. The van der Waals surface area contributed by atoms with Crippen LogP contribution in [0, 0.1) is 0 Å². The van der Waals surface area contributed by atoms with Gasteiger partial charge in [-0.1, -0.05) is 37.3 Å². The van der Waals surface area contributed by atoms with Gasteiger partial charge in [-0.05, 0) is 30.4 Å². The third kappa shape index (κ3) is 3.97. The molecular weight excluding hydrogens is 284 g/mol. The minimum atomic E-state index is -0.807. The van der Waals surface area contributed by atoms with E-state index in [-0.39, 0.29) is 5.78 Å². The number of benzene rings is 1. The van der Waals surface area contributed by atoms with E-state index < -0.39 is 11.9 Å². The summed E-state index contributed by atoms with van der Waals surface area (Å²) in [5.41, 5.74) is 2.00. The SMILES string of the molecule is CC(CSC1=CCCC1=O)c1ccc(C(C)C(=O)O)cc1. The second kappa shape index (κ2) is 6.94. The van der Waals surface area contributed by atoms with Gasteiger partial charge in [0.2, 0.25) is 0 Å². The molecule has 1 aliphatic rings. The number of thioether (sulfide) groups is 1. The summed E-state index contributed by atoms with van der Waals surface area (Å²) in [5, 5.41) is 9.00. The predicted octanol–water partition coefficient (Wildman–Crippen LogP) is 3.96. The summed E-state index contributed by atoms with van der Waals surface area (Å²) in [6.45, 7) is 3.82. The third-order valence-corrected chi connectivity index (χ3v) is 5.21. The van der Waals surface area contributed by atoms with Crippen LogP contribution in [-0.2, 0) is 9.59 Å². The number of ketones is 1. The molecule has 0 heterocycles. The van der Waals surface area contributed by atoms with Gasteiger partial charge in [0.15, 0.2) is 5.78 Å². The Bertz CT molecular complexity index is 560. The number of Topliss-reactive ketones (excluding diaryl/α,β-unsaturated/α-hetero) is 1. The highest BCUT2D eigenvalue weighted by molar-refractivity contribution is 8.04. The first-order valence-corrected chi connectivity index (χ1v) is 8.16. The van der Waals surface area contributed by atoms with Crippen LogP contribution in [0.4, 0.5) is 0 Å². The molecule has 3 nitrogen and oxygen atoms in total. The molecule has 0 amide bonds. The molecule has 0 spiro atoms. The van der Waals surface area contributed by atoms with Crippen LogP contribution in [-0.4, -0.2) is 22.6 Å². The summed E-state index contributed by atoms with van der Waals surface area (Å²) in [5.74, 6) is 0.171. The Morgan fingerprint density at radius 2 is 1.86 bits per heavy atom. The molecule has 2 rings (SSSR count). The normalized spacial score (nSPS) is 17.4. The van der Waals surface area contributed by atoms with Crippen molar-refractivity contribution in [3.05, 3.63) is 46.4 Å². The minimum absolute atomic E-state index is 0.262. The molecule has 2 unspecified atom stereocenters. The van der Waals surface area contributed by atoms with Gasteiger partial charge < -0.3 is 5.11 Å². The smallest absolute Gasteiger partial charge is 0.310 e. The lowest BCUT2D eigenvalue weighted by molar-refractivity contribution is -0.138. The Morgan fingerprint density at radius 1 is 1.24 bits per heavy atom. The van der Waals surface area contributed by atoms with Gasteiger partial charge in [-0.15, -0.1) is 11.8 Å². The first-order chi connectivity index (χ1) is 9.99. The second-order valence-corrected chi connectivity index (χ2v) is 6.53. The van der Waals surface area contributed by atoms with E-state index in [9.17, 15) is 9.59 Å². The maximum Gasteiger partial charge on any atom is 0.310 e. The number of carbonyl (C=O) groups excluding carboxylic acids is 1. The summed E-state index contributed by atoms with van der Waals surface area (Å²) in [6.07, 6.45) is 3.55. The van der Waals surface area contributed by atoms with Crippen LogP contribution in [0.25, 0.3) is 0 Å². The zero-order valence-electron chi connectivity index (χ0n) is 12.3. The molecule has 0 saturated heterocycles. The quantitative estimate of drug-likeness (QED) is 0.864. The van der Waals surface area contributed by atoms with E-state index in [0.29, 0.717) is 12.3 Å². The molecule has 1 aliphatic carbocycles. The van der Waals surface area contributed by atoms with Gasteiger partial charge in [0.25, 0.3) is 0 Å². The van der Waals surface area contributed by atoms with Crippen LogP contribution in [0.1, 0.15) is 49.7 Å². The fourth-order valence-electron chi connectivity index (χ4n) is 2.28. The van der Waals surface area contributed by atoms with Crippen molar-refractivity contribution in [2.24, 2.45) is 0 Å². The second-order valence-electron chi connectivity index (χ2n) is 5.47. The van der Waals surface area contributed by atoms with Crippen LogP contribution < -0.4 is 0 Å². The number of hydrogen-bond acceptors (Lipinski definition) is 3. The lowest BCUT2D eigenvalue weighted by Crippen LogP contribution is -2.07. The number of carboxylic acids is 1. The average Bonchev–Trinajstić information content (AvgIpc) is 2.89. The largest absolute Gasteiger partial charge is 0.481 e. The van der Waals surface area contributed by atoms with E-state index in [2.05, 4.69) is 6.92 Å². The molecular formula is C17H20O3S. The number of carbonyl (C=O) groups is 2. The Kier molecular flexibility index (Phi) is 5.23. The number of rotatable bonds is 6. The summed E-state index contributed by atoms with van der Waals surface area (Å²) >= 11 is 1.63. The van der Waals surface area contributed by atoms with Crippen LogP contribution in [0.15, 0.2) is 35.2 Å². The van der Waals surface area contributed by atoms with Crippen molar-refractivity contribution in [1.29, 1.82) is 0 Å². The van der Waals surface area contributed by atoms with E-state index in [0.717, 1.165) is 22.6 Å². The highest BCUT2D eigenvalue weighted by Crippen LogP contribution is 2.30. The zero-order chi connectivity index (χ0) is 15.4. The van der Waals surface area contributed by atoms with Crippen molar-refractivity contribution in [2.75, 3.05) is 5.75 Å². The highest BCUT2D eigenvalue weighted by Gasteiger charge is 2.17. The van der Waals surface area contributed by atoms with Gasteiger partial charge in [0.05, 0.1) is 5.92 Å². The molecule has 1 aromatic carbocycles. The first kappa shape index (κ1) is 15.8. The minimum Gasteiger partial charge on any atom is -0.481 e. The van der Waals surface area contributed by atoms with Crippen LogP contribution in [0.2, 0.25) is 0 Å². The van der Waals surface area contributed by atoms with Gasteiger partial charge in [0.1, 0.15) is 0 Å². The lowest BCUT2D eigenvalue weighted by Gasteiger charge is -2.13. The van der Waals surface area contributed by atoms with Crippen molar-refractivity contribution < 1.29 is 14.7 Å². The standard InChI is InChI=1S/C17H20O3S/c1-11(10-21-16-5-3-4-15(16)18)13-6-8-14(9-7-13)12(2)17(19)20/h5-9,11-12H,3-4,10H2,1-2H3,(H,19,20). The van der Waals surface area contributed by atoms with Crippen LogP contribution >= 0.6 is 11.8 Å². The van der Waals surface area contributed by atoms with Gasteiger partial charge in [0, 0.05) is 17.1 Å². The van der Waals surface area contributed by atoms with Crippen molar-refractivity contribution >= 4 is 23.5 Å². The molecule has 0 fully saturated rings. The fourth-order valence-corrected chi connectivity index (χ4v) is 3.40. The maximum atomic E-state index is 11.6. The Morgan fingerprint density at radius 3 is 2.38 bits per heavy atom. The molecule has 21 heavy (non-hydrogen) atoms. The fraction of sp³-hybridized carbons (Fsp3) is 0.412. The lowest BCUT2D eigenvalue weighted by atomic mass is 9.96. The van der Waals surface area contributed by atoms with Crippen molar-refractivity contribution in [2.45, 2.75) is 38.5 Å². The molecule has 1 aromatic rings. The summed E-state index contributed by atoms with van der Waals surface area (Å²) < 4.78 is 0.